The molecule has 1 N–H and O–H groups in total. The number of hydrogen-bond donors (Lipinski definition) is 1. The van der Waals surface area contributed by atoms with E-state index in [9.17, 15) is 4.79 Å². The Hall–Kier alpha value is -2.40. The highest BCUT2D eigenvalue weighted by atomic mass is 35.5. The van der Waals surface area contributed by atoms with Crippen LogP contribution in [0.15, 0.2) is 48.5 Å². The first-order valence-corrected chi connectivity index (χ1v) is 8.70. The van der Waals surface area contributed by atoms with Gasteiger partial charge in [0.05, 0.1) is 7.11 Å². The predicted molar refractivity (Wildman–Crippen MR) is 100 cm³/mol. The molecule has 3 rings (SSSR count). The minimum atomic E-state index is -0.0217. The van der Waals surface area contributed by atoms with Crippen molar-refractivity contribution in [2.45, 2.75) is 6.54 Å². The van der Waals surface area contributed by atoms with Gasteiger partial charge in [0.25, 0.3) is 0 Å². The van der Waals surface area contributed by atoms with Gasteiger partial charge in [0.1, 0.15) is 5.75 Å². The lowest BCUT2D eigenvalue weighted by Gasteiger charge is -2.36. The fourth-order valence-electron chi connectivity index (χ4n) is 2.85. The molecule has 1 heterocycles. The third-order valence-corrected chi connectivity index (χ3v) is 4.61. The zero-order valence-corrected chi connectivity index (χ0v) is 15.0. The highest BCUT2D eigenvalue weighted by molar-refractivity contribution is 6.30. The van der Waals surface area contributed by atoms with Crippen LogP contribution in [0, 0.1) is 0 Å². The molecular weight excluding hydrogens is 338 g/mol. The summed E-state index contributed by atoms with van der Waals surface area (Å²) in [6.45, 7) is 3.56. The number of urea groups is 1. The molecule has 132 valence electrons. The number of benzene rings is 2. The minimum Gasteiger partial charge on any atom is -0.497 e. The van der Waals surface area contributed by atoms with Gasteiger partial charge in [0.15, 0.2) is 0 Å². The van der Waals surface area contributed by atoms with Gasteiger partial charge < -0.3 is 19.9 Å². The maximum atomic E-state index is 12.3. The van der Waals surface area contributed by atoms with Crippen molar-refractivity contribution in [2.24, 2.45) is 0 Å². The van der Waals surface area contributed by atoms with Crippen LogP contribution >= 0.6 is 11.6 Å². The summed E-state index contributed by atoms with van der Waals surface area (Å²) in [5.74, 6) is 0.813. The molecule has 0 saturated carbocycles. The molecule has 1 fully saturated rings. The molecule has 0 spiro atoms. The van der Waals surface area contributed by atoms with Gasteiger partial charge in [-0.2, -0.15) is 0 Å². The summed E-state index contributed by atoms with van der Waals surface area (Å²) in [6.07, 6.45) is 0. The molecule has 6 heteroatoms. The Morgan fingerprint density at radius 3 is 2.28 bits per heavy atom. The maximum absolute atomic E-state index is 12.3. The van der Waals surface area contributed by atoms with Gasteiger partial charge in [-0.25, -0.2) is 4.79 Å². The van der Waals surface area contributed by atoms with E-state index in [2.05, 4.69) is 10.2 Å². The topological polar surface area (TPSA) is 44.8 Å². The number of hydrogen-bond acceptors (Lipinski definition) is 3. The van der Waals surface area contributed by atoms with Gasteiger partial charge in [-0.3, -0.25) is 0 Å². The lowest BCUT2D eigenvalue weighted by Crippen LogP contribution is -2.51. The standard InChI is InChI=1S/C19H22ClN3O2/c1-25-18-8-2-15(3-9-18)14-21-19(24)23-12-10-22(11-13-23)17-6-4-16(20)5-7-17/h2-9H,10-14H2,1H3,(H,21,24). The van der Waals surface area contributed by atoms with Crippen LogP contribution in [0.3, 0.4) is 0 Å². The number of nitrogens with zero attached hydrogens (tertiary/aromatic N) is 2. The van der Waals surface area contributed by atoms with Crippen LogP contribution in [0.5, 0.6) is 5.75 Å². The number of ether oxygens (including phenoxy) is 1. The van der Waals surface area contributed by atoms with Crippen LogP contribution in [-0.2, 0) is 6.54 Å². The molecule has 25 heavy (non-hydrogen) atoms. The van der Waals surface area contributed by atoms with Crippen LogP contribution in [0.1, 0.15) is 5.56 Å². The normalized spacial score (nSPS) is 14.3. The van der Waals surface area contributed by atoms with Crippen molar-refractivity contribution >= 4 is 23.3 Å². The molecular formula is C19H22ClN3O2. The highest BCUT2D eigenvalue weighted by Crippen LogP contribution is 2.19. The smallest absolute Gasteiger partial charge is 0.317 e. The Bertz CT molecular complexity index is 696. The highest BCUT2D eigenvalue weighted by Gasteiger charge is 2.21. The van der Waals surface area contributed by atoms with Crippen LogP contribution < -0.4 is 15.0 Å². The van der Waals surface area contributed by atoms with Gasteiger partial charge in [0.2, 0.25) is 0 Å². The summed E-state index contributed by atoms with van der Waals surface area (Å²) >= 11 is 5.93. The second-order valence-corrected chi connectivity index (χ2v) is 6.39. The van der Waals surface area contributed by atoms with Gasteiger partial charge >= 0.3 is 6.03 Å². The Labute approximate surface area is 153 Å². The number of piperazine rings is 1. The van der Waals surface area contributed by atoms with Crippen LogP contribution in [0.25, 0.3) is 0 Å². The molecule has 0 bridgehead atoms. The van der Waals surface area contributed by atoms with Crippen molar-refractivity contribution in [2.75, 3.05) is 38.2 Å². The minimum absolute atomic E-state index is 0.0217. The molecule has 0 aliphatic carbocycles. The first-order valence-electron chi connectivity index (χ1n) is 8.32. The number of amides is 2. The van der Waals surface area contributed by atoms with Gasteiger partial charge in [-0.1, -0.05) is 23.7 Å². The fourth-order valence-corrected chi connectivity index (χ4v) is 2.98. The number of nitrogens with one attached hydrogen (secondary N) is 1. The number of rotatable bonds is 4. The molecule has 5 nitrogen and oxygen atoms in total. The van der Waals surface area contributed by atoms with Crippen molar-refractivity contribution in [3.63, 3.8) is 0 Å². The molecule has 1 aliphatic rings. The number of anilines is 1. The third kappa shape index (κ3) is 4.57. The first-order chi connectivity index (χ1) is 12.2. The first kappa shape index (κ1) is 17.4. The lowest BCUT2D eigenvalue weighted by atomic mass is 10.2. The molecule has 0 radical (unpaired) electrons. The van der Waals surface area contributed by atoms with E-state index >= 15 is 0 Å². The van der Waals surface area contributed by atoms with E-state index in [1.54, 1.807) is 7.11 Å². The Balaban J connectivity index is 1.47. The molecule has 0 aromatic heterocycles. The van der Waals surface area contributed by atoms with Crippen molar-refractivity contribution < 1.29 is 9.53 Å². The second-order valence-electron chi connectivity index (χ2n) is 5.96. The zero-order chi connectivity index (χ0) is 17.6. The van der Waals surface area contributed by atoms with Crippen molar-refractivity contribution in [3.8, 4) is 5.75 Å². The summed E-state index contributed by atoms with van der Waals surface area (Å²) in [5, 5.41) is 3.71. The summed E-state index contributed by atoms with van der Waals surface area (Å²) < 4.78 is 5.14. The van der Waals surface area contributed by atoms with Crippen LogP contribution in [0.4, 0.5) is 10.5 Å². The van der Waals surface area contributed by atoms with Crippen molar-refractivity contribution in [1.29, 1.82) is 0 Å². The molecule has 1 aliphatic heterocycles. The van der Waals surface area contributed by atoms with Crippen molar-refractivity contribution in [1.82, 2.24) is 10.2 Å². The number of carbonyl (C=O) groups is 1. The summed E-state index contributed by atoms with van der Waals surface area (Å²) in [4.78, 5) is 16.5. The van der Waals surface area contributed by atoms with Crippen LogP contribution in [-0.4, -0.2) is 44.2 Å². The zero-order valence-electron chi connectivity index (χ0n) is 14.2. The largest absolute Gasteiger partial charge is 0.497 e. The van der Waals surface area contributed by atoms with Gasteiger partial charge in [0, 0.05) is 43.4 Å². The van der Waals surface area contributed by atoms with E-state index in [0.29, 0.717) is 19.6 Å². The van der Waals surface area contributed by atoms with E-state index in [1.807, 2.05) is 53.4 Å². The molecule has 0 unspecified atom stereocenters. The van der Waals surface area contributed by atoms with E-state index < -0.39 is 0 Å². The third-order valence-electron chi connectivity index (χ3n) is 4.36. The average Bonchev–Trinajstić information content (AvgIpc) is 2.67. The summed E-state index contributed by atoms with van der Waals surface area (Å²) in [7, 11) is 1.64. The Morgan fingerprint density at radius 1 is 1.04 bits per heavy atom. The monoisotopic (exact) mass is 359 g/mol. The number of carbonyl (C=O) groups excluding carboxylic acids is 1. The molecule has 2 aromatic carbocycles. The molecule has 0 atom stereocenters. The van der Waals surface area contributed by atoms with E-state index in [1.165, 1.54) is 0 Å². The molecule has 1 saturated heterocycles. The van der Waals surface area contributed by atoms with Gasteiger partial charge in [-0.15, -0.1) is 0 Å². The van der Waals surface area contributed by atoms with E-state index in [-0.39, 0.29) is 6.03 Å². The Kier molecular flexibility index (Phi) is 5.66. The van der Waals surface area contributed by atoms with E-state index in [0.717, 1.165) is 35.1 Å². The molecule has 2 amide bonds. The van der Waals surface area contributed by atoms with Crippen LogP contribution in [0.2, 0.25) is 5.02 Å². The van der Waals surface area contributed by atoms with E-state index in [4.69, 9.17) is 16.3 Å². The molecule has 2 aromatic rings. The summed E-state index contributed by atoms with van der Waals surface area (Å²) in [5.41, 5.74) is 2.19. The number of halogens is 1. The van der Waals surface area contributed by atoms with Crippen molar-refractivity contribution in [3.05, 3.63) is 59.1 Å². The second kappa shape index (κ2) is 8.12. The lowest BCUT2D eigenvalue weighted by molar-refractivity contribution is 0.194. The maximum Gasteiger partial charge on any atom is 0.317 e. The fraction of sp³-hybridized carbons (Fsp3) is 0.316. The predicted octanol–water partition coefficient (Wildman–Crippen LogP) is 3.38. The average molecular weight is 360 g/mol. The SMILES string of the molecule is COc1ccc(CNC(=O)N2CCN(c3ccc(Cl)cc3)CC2)cc1. The van der Waals surface area contributed by atoms with Gasteiger partial charge in [-0.05, 0) is 42.0 Å². The summed E-state index contributed by atoms with van der Waals surface area (Å²) in [6, 6.07) is 15.5. The quantitative estimate of drug-likeness (QED) is 0.910. The number of methoxy groups -OCH3 is 1. The Morgan fingerprint density at radius 2 is 1.68 bits per heavy atom.